The summed E-state index contributed by atoms with van der Waals surface area (Å²) in [4.78, 5) is 12.4. The molecular weight excluding hydrogens is 362 g/mol. The second kappa shape index (κ2) is 11.4. The smallest absolute Gasteiger partial charge is 0.193 e. The Morgan fingerprint density at radius 2 is 1.79 bits per heavy atom. The Balaban J connectivity index is 1.45. The molecule has 6 nitrogen and oxygen atoms in total. The van der Waals surface area contributed by atoms with Gasteiger partial charge in [-0.05, 0) is 32.0 Å². The number of guanidine groups is 1. The van der Waals surface area contributed by atoms with Gasteiger partial charge in [-0.3, -0.25) is 4.99 Å². The minimum atomic E-state index is 0.299. The van der Waals surface area contributed by atoms with Gasteiger partial charge in [0.1, 0.15) is 11.9 Å². The number of hydrogen-bond acceptors (Lipinski definition) is 4. The van der Waals surface area contributed by atoms with Crippen LogP contribution in [0.3, 0.4) is 0 Å². The molecule has 29 heavy (non-hydrogen) atoms. The summed E-state index contributed by atoms with van der Waals surface area (Å²) in [6, 6.07) is 10.2. The maximum atomic E-state index is 6.14. The normalized spacial score (nSPS) is 21.2. The van der Waals surface area contributed by atoms with Crippen LogP contribution in [0.4, 0.5) is 0 Å². The fraction of sp³-hybridized carbons (Fsp3) is 0.696. The van der Waals surface area contributed by atoms with Gasteiger partial charge in [0.25, 0.3) is 0 Å². The SMILES string of the molecule is CCNC(=NCC(C)CN1CCN(C)CC1)N1CCC(Oc2ccccc2)CC1. The maximum Gasteiger partial charge on any atom is 0.193 e. The first kappa shape index (κ1) is 21.9. The van der Waals surface area contributed by atoms with Gasteiger partial charge < -0.3 is 24.8 Å². The van der Waals surface area contributed by atoms with Gasteiger partial charge in [0.15, 0.2) is 5.96 Å². The Kier molecular flexibility index (Phi) is 8.62. The van der Waals surface area contributed by atoms with Gasteiger partial charge in [0, 0.05) is 71.7 Å². The Morgan fingerprint density at radius 1 is 1.10 bits per heavy atom. The van der Waals surface area contributed by atoms with Crippen molar-refractivity contribution in [3.8, 4) is 5.75 Å². The second-order valence-corrected chi connectivity index (χ2v) is 8.52. The lowest BCUT2D eigenvalue weighted by molar-refractivity contribution is 0.129. The highest BCUT2D eigenvalue weighted by atomic mass is 16.5. The average molecular weight is 402 g/mol. The fourth-order valence-corrected chi connectivity index (χ4v) is 4.07. The van der Waals surface area contributed by atoms with Crippen molar-refractivity contribution in [3.05, 3.63) is 30.3 Å². The number of nitrogens with one attached hydrogen (secondary N) is 1. The lowest BCUT2D eigenvalue weighted by Gasteiger charge is -2.35. The zero-order chi connectivity index (χ0) is 20.5. The number of piperidine rings is 1. The molecule has 0 amide bonds. The molecule has 1 unspecified atom stereocenters. The van der Waals surface area contributed by atoms with E-state index in [9.17, 15) is 0 Å². The van der Waals surface area contributed by atoms with Crippen molar-refractivity contribution >= 4 is 5.96 Å². The predicted octanol–water partition coefficient (Wildman–Crippen LogP) is 2.38. The van der Waals surface area contributed by atoms with Crippen LogP contribution >= 0.6 is 0 Å². The van der Waals surface area contributed by atoms with E-state index in [0.29, 0.717) is 12.0 Å². The lowest BCUT2D eigenvalue weighted by atomic mass is 10.1. The number of para-hydroxylation sites is 1. The molecule has 0 spiro atoms. The molecule has 0 radical (unpaired) electrons. The van der Waals surface area contributed by atoms with Crippen molar-refractivity contribution in [2.45, 2.75) is 32.8 Å². The lowest BCUT2D eigenvalue weighted by Crippen LogP contribution is -2.48. The summed E-state index contributed by atoms with van der Waals surface area (Å²) in [5.41, 5.74) is 0. The Hall–Kier alpha value is -1.79. The summed E-state index contributed by atoms with van der Waals surface area (Å²) < 4.78 is 6.14. The number of rotatable bonds is 7. The summed E-state index contributed by atoms with van der Waals surface area (Å²) in [6.07, 6.45) is 2.37. The van der Waals surface area contributed by atoms with Gasteiger partial charge in [-0.1, -0.05) is 25.1 Å². The predicted molar refractivity (Wildman–Crippen MR) is 121 cm³/mol. The van der Waals surface area contributed by atoms with Crippen LogP contribution in [-0.2, 0) is 0 Å². The molecular formula is C23H39N5O. The largest absolute Gasteiger partial charge is 0.490 e. The minimum absolute atomic E-state index is 0.299. The first-order chi connectivity index (χ1) is 14.1. The molecule has 1 aromatic rings. The van der Waals surface area contributed by atoms with Crippen molar-refractivity contribution in [2.75, 3.05) is 66.0 Å². The summed E-state index contributed by atoms with van der Waals surface area (Å²) >= 11 is 0. The van der Waals surface area contributed by atoms with Crippen LogP contribution < -0.4 is 10.1 Å². The Bertz CT molecular complexity index is 607. The highest BCUT2D eigenvalue weighted by Gasteiger charge is 2.23. The molecule has 3 rings (SSSR count). The van der Waals surface area contributed by atoms with E-state index in [1.54, 1.807) is 0 Å². The number of ether oxygens (including phenoxy) is 1. The van der Waals surface area contributed by atoms with Crippen molar-refractivity contribution < 1.29 is 4.74 Å². The molecule has 1 N–H and O–H groups in total. The van der Waals surface area contributed by atoms with Crippen LogP contribution in [-0.4, -0.2) is 92.7 Å². The van der Waals surface area contributed by atoms with E-state index < -0.39 is 0 Å². The molecule has 0 bridgehead atoms. The van der Waals surface area contributed by atoms with Gasteiger partial charge >= 0.3 is 0 Å². The standard InChI is InChI=1S/C23H39N5O/c1-4-24-23(25-18-20(2)19-27-16-14-26(3)15-17-27)28-12-10-22(11-13-28)29-21-8-6-5-7-9-21/h5-9,20,22H,4,10-19H2,1-3H3,(H,24,25). The quantitative estimate of drug-likeness (QED) is 0.561. The molecule has 2 aliphatic rings. The Morgan fingerprint density at radius 3 is 2.45 bits per heavy atom. The summed E-state index contributed by atoms with van der Waals surface area (Å²) in [7, 11) is 2.21. The highest BCUT2D eigenvalue weighted by Crippen LogP contribution is 2.18. The van der Waals surface area contributed by atoms with Gasteiger partial charge in [0.05, 0.1) is 0 Å². The highest BCUT2D eigenvalue weighted by molar-refractivity contribution is 5.80. The summed E-state index contributed by atoms with van der Waals surface area (Å²) in [6.45, 7) is 14.1. The minimum Gasteiger partial charge on any atom is -0.490 e. The van der Waals surface area contributed by atoms with Crippen LogP contribution in [0.15, 0.2) is 35.3 Å². The third-order valence-electron chi connectivity index (χ3n) is 5.84. The molecule has 2 heterocycles. The molecule has 162 valence electrons. The van der Waals surface area contributed by atoms with E-state index in [4.69, 9.17) is 9.73 Å². The van der Waals surface area contributed by atoms with Crippen molar-refractivity contribution in [2.24, 2.45) is 10.9 Å². The fourth-order valence-electron chi connectivity index (χ4n) is 4.07. The summed E-state index contributed by atoms with van der Waals surface area (Å²) in [5.74, 6) is 2.62. The van der Waals surface area contributed by atoms with Crippen LogP contribution in [0.25, 0.3) is 0 Å². The van der Waals surface area contributed by atoms with Gasteiger partial charge in [0.2, 0.25) is 0 Å². The number of likely N-dealkylation sites (tertiary alicyclic amines) is 1. The van der Waals surface area contributed by atoms with Gasteiger partial charge in [-0.15, -0.1) is 0 Å². The van der Waals surface area contributed by atoms with E-state index >= 15 is 0 Å². The van der Waals surface area contributed by atoms with E-state index in [1.807, 2.05) is 30.3 Å². The first-order valence-electron chi connectivity index (χ1n) is 11.3. The molecule has 2 aliphatic heterocycles. The molecule has 0 saturated carbocycles. The third kappa shape index (κ3) is 7.19. The van der Waals surface area contributed by atoms with Crippen LogP contribution in [0.5, 0.6) is 5.75 Å². The zero-order valence-corrected chi connectivity index (χ0v) is 18.5. The molecule has 1 aromatic carbocycles. The molecule has 0 aliphatic carbocycles. The van der Waals surface area contributed by atoms with E-state index in [2.05, 4.69) is 40.9 Å². The number of aliphatic imine (C=N–C) groups is 1. The number of benzene rings is 1. The number of hydrogen-bond donors (Lipinski definition) is 1. The molecule has 0 aromatic heterocycles. The molecule has 2 saturated heterocycles. The van der Waals surface area contributed by atoms with E-state index in [-0.39, 0.29) is 0 Å². The number of nitrogens with zero attached hydrogens (tertiary/aromatic N) is 4. The maximum absolute atomic E-state index is 6.14. The monoisotopic (exact) mass is 401 g/mol. The van der Waals surface area contributed by atoms with Crippen molar-refractivity contribution in [1.29, 1.82) is 0 Å². The zero-order valence-electron chi connectivity index (χ0n) is 18.5. The van der Waals surface area contributed by atoms with Crippen molar-refractivity contribution in [3.63, 3.8) is 0 Å². The summed E-state index contributed by atoms with van der Waals surface area (Å²) in [5, 5.41) is 3.50. The van der Waals surface area contributed by atoms with Crippen molar-refractivity contribution in [1.82, 2.24) is 20.0 Å². The Labute approximate surface area is 176 Å². The van der Waals surface area contributed by atoms with E-state index in [1.165, 1.54) is 26.2 Å². The van der Waals surface area contributed by atoms with Crippen LogP contribution in [0.1, 0.15) is 26.7 Å². The van der Waals surface area contributed by atoms with Crippen LogP contribution in [0, 0.1) is 5.92 Å². The molecule has 1 atom stereocenters. The second-order valence-electron chi connectivity index (χ2n) is 8.52. The first-order valence-corrected chi connectivity index (χ1v) is 11.3. The van der Waals surface area contributed by atoms with Gasteiger partial charge in [-0.25, -0.2) is 0 Å². The van der Waals surface area contributed by atoms with E-state index in [0.717, 1.165) is 57.3 Å². The van der Waals surface area contributed by atoms with Crippen LogP contribution in [0.2, 0.25) is 0 Å². The number of likely N-dealkylation sites (N-methyl/N-ethyl adjacent to an activating group) is 1. The average Bonchev–Trinajstić information content (AvgIpc) is 2.74. The molecule has 6 heteroatoms. The third-order valence-corrected chi connectivity index (χ3v) is 5.84. The molecule has 2 fully saturated rings. The topological polar surface area (TPSA) is 43.3 Å². The number of piperazine rings is 1. The van der Waals surface area contributed by atoms with Gasteiger partial charge in [-0.2, -0.15) is 0 Å².